The molecule has 2 rings (SSSR count). The predicted molar refractivity (Wildman–Crippen MR) is 77.7 cm³/mol. The van der Waals surface area contributed by atoms with Gasteiger partial charge in [-0.15, -0.1) is 0 Å². The van der Waals surface area contributed by atoms with Crippen molar-refractivity contribution >= 4 is 32.4 Å². The molecule has 0 spiro atoms. The molecule has 0 aromatic heterocycles. The zero-order valence-corrected chi connectivity index (χ0v) is 12.5. The number of hydrogen-bond donors (Lipinski definition) is 1. The Morgan fingerprint density at radius 3 is 2.59 bits per heavy atom. The van der Waals surface area contributed by atoms with Gasteiger partial charge in [0.2, 0.25) is 0 Å². The molecule has 0 saturated carbocycles. The van der Waals surface area contributed by atoms with Crippen LogP contribution < -0.4 is 5.32 Å². The van der Waals surface area contributed by atoms with Crippen LogP contribution in [0.2, 0.25) is 0 Å². The molecule has 1 N–H and O–H groups in total. The zero-order chi connectivity index (χ0) is 12.3. The van der Waals surface area contributed by atoms with Crippen molar-refractivity contribution in [2.75, 3.05) is 12.3 Å². The first-order valence-corrected chi connectivity index (χ1v) is 8.54. The summed E-state index contributed by atoms with van der Waals surface area (Å²) in [6, 6.07) is 8.25. The van der Waals surface area contributed by atoms with Crippen molar-refractivity contribution in [3.8, 4) is 0 Å². The SMILES string of the molecule is O=S1(=O)CCCC1CNCc1ccc(I)cc1. The van der Waals surface area contributed by atoms with Crippen molar-refractivity contribution in [2.45, 2.75) is 24.6 Å². The Balaban J connectivity index is 1.82. The fourth-order valence-electron chi connectivity index (χ4n) is 2.07. The van der Waals surface area contributed by atoms with E-state index in [0.717, 1.165) is 19.4 Å². The molecule has 1 fully saturated rings. The van der Waals surface area contributed by atoms with Crippen LogP contribution in [0.4, 0.5) is 0 Å². The number of benzene rings is 1. The lowest BCUT2D eigenvalue weighted by molar-refractivity contribution is 0.574. The van der Waals surface area contributed by atoms with E-state index in [-0.39, 0.29) is 5.25 Å². The summed E-state index contributed by atoms with van der Waals surface area (Å²) >= 11 is 2.27. The Morgan fingerprint density at radius 1 is 1.29 bits per heavy atom. The van der Waals surface area contributed by atoms with Crippen LogP contribution in [0.3, 0.4) is 0 Å². The first-order valence-electron chi connectivity index (χ1n) is 5.75. The molecule has 1 unspecified atom stereocenters. The van der Waals surface area contributed by atoms with Crippen LogP contribution in [0.25, 0.3) is 0 Å². The molecule has 17 heavy (non-hydrogen) atoms. The van der Waals surface area contributed by atoms with Gasteiger partial charge >= 0.3 is 0 Å². The molecule has 94 valence electrons. The lowest BCUT2D eigenvalue weighted by Crippen LogP contribution is -2.30. The van der Waals surface area contributed by atoms with Gasteiger partial charge in [-0.25, -0.2) is 8.42 Å². The van der Waals surface area contributed by atoms with Crippen LogP contribution in [-0.4, -0.2) is 26.0 Å². The number of rotatable bonds is 4. The van der Waals surface area contributed by atoms with Crippen molar-refractivity contribution in [1.29, 1.82) is 0 Å². The summed E-state index contributed by atoms with van der Waals surface area (Å²) in [5, 5.41) is 3.06. The smallest absolute Gasteiger partial charge is 0.154 e. The lowest BCUT2D eigenvalue weighted by Gasteiger charge is -2.10. The number of halogens is 1. The highest BCUT2D eigenvalue weighted by Crippen LogP contribution is 2.19. The van der Waals surface area contributed by atoms with E-state index < -0.39 is 9.84 Å². The second-order valence-corrected chi connectivity index (χ2v) is 8.03. The molecule has 1 atom stereocenters. The molecule has 3 nitrogen and oxygen atoms in total. The van der Waals surface area contributed by atoms with Gasteiger partial charge in [0.25, 0.3) is 0 Å². The second-order valence-electron chi connectivity index (χ2n) is 4.39. The maximum absolute atomic E-state index is 11.6. The molecule has 1 aliphatic heterocycles. The van der Waals surface area contributed by atoms with Gasteiger partial charge in [-0.2, -0.15) is 0 Å². The maximum Gasteiger partial charge on any atom is 0.154 e. The Kier molecular flexibility index (Phi) is 4.43. The van der Waals surface area contributed by atoms with Crippen molar-refractivity contribution in [3.05, 3.63) is 33.4 Å². The van der Waals surface area contributed by atoms with Crippen molar-refractivity contribution in [2.24, 2.45) is 0 Å². The number of hydrogen-bond acceptors (Lipinski definition) is 3. The molecular weight excluding hydrogens is 349 g/mol. The average Bonchev–Trinajstić information content (AvgIpc) is 2.61. The largest absolute Gasteiger partial charge is 0.311 e. The van der Waals surface area contributed by atoms with E-state index in [4.69, 9.17) is 0 Å². The fourth-order valence-corrected chi connectivity index (χ4v) is 4.23. The van der Waals surface area contributed by atoms with Crippen molar-refractivity contribution in [1.82, 2.24) is 5.32 Å². The monoisotopic (exact) mass is 365 g/mol. The standard InChI is InChI=1S/C12H16INO2S/c13-11-5-3-10(4-6-11)8-14-9-12-2-1-7-17(12,15)16/h3-6,12,14H,1-2,7-9H2. The van der Waals surface area contributed by atoms with Gasteiger partial charge in [0.1, 0.15) is 0 Å². The number of nitrogens with one attached hydrogen (secondary N) is 1. The summed E-state index contributed by atoms with van der Waals surface area (Å²) < 4.78 is 24.4. The Labute approximate surface area is 116 Å². The molecule has 1 heterocycles. The topological polar surface area (TPSA) is 46.2 Å². The molecule has 1 aromatic carbocycles. The Bertz CT molecular complexity index is 470. The molecule has 5 heteroatoms. The summed E-state index contributed by atoms with van der Waals surface area (Å²) in [6.45, 7) is 1.32. The summed E-state index contributed by atoms with van der Waals surface area (Å²) in [4.78, 5) is 0. The zero-order valence-electron chi connectivity index (χ0n) is 9.52. The van der Waals surface area contributed by atoms with Gasteiger partial charge in [0.15, 0.2) is 9.84 Å². The van der Waals surface area contributed by atoms with E-state index in [1.807, 2.05) is 0 Å². The minimum absolute atomic E-state index is 0.175. The van der Waals surface area contributed by atoms with Gasteiger partial charge in [0, 0.05) is 16.7 Å². The van der Waals surface area contributed by atoms with Gasteiger partial charge in [-0.1, -0.05) is 12.1 Å². The predicted octanol–water partition coefficient (Wildman–Crippen LogP) is 1.96. The minimum atomic E-state index is -2.81. The third-order valence-corrected chi connectivity index (χ3v) is 6.07. The van der Waals surface area contributed by atoms with Gasteiger partial charge in [0.05, 0.1) is 11.0 Å². The van der Waals surface area contributed by atoms with E-state index >= 15 is 0 Å². The quantitative estimate of drug-likeness (QED) is 0.830. The van der Waals surface area contributed by atoms with Gasteiger partial charge in [-0.05, 0) is 53.1 Å². The first-order chi connectivity index (χ1) is 8.08. The van der Waals surface area contributed by atoms with E-state index in [0.29, 0.717) is 12.3 Å². The molecule has 0 bridgehead atoms. The summed E-state index contributed by atoms with van der Waals surface area (Å²) in [5.74, 6) is 0.364. The van der Waals surface area contributed by atoms with E-state index in [1.165, 1.54) is 9.13 Å². The Hall–Kier alpha value is -0.140. The Morgan fingerprint density at radius 2 is 2.00 bits per heavy atom. The van der Waals surface area contributed by atoms with Crippen LogP contribution in [0.5, 0.6) is 0 Å². The van der Waals surface area contributed by atoms with Crippen LogP contribution in [0.1, 0.15) is 18.4 Å². The van der Waals surface area contributed by atoms with Crippen LogP contribution in [0, 0.1) is 3.57 Å². The van der Waals surface area contributed by atoms with Crippen LogP contribution >= 0.6 is 22.6 Å². The average molecular weight is 365 g/mol. The molecule has 1 aromatic rings. The fraction of sp³-hybridized carbons (Fsp3) is 0.500. The van der Waals surface area contributed by atoms with Gasteiger partial charge in [-0.3, -0.25) is 0 Å². The number of sulfone groups is 1. The van der Waals surface area contributed by atoms with Gasteiger partial charge < -0.3 is 5.32 Å². The van der Waals surface area contributed by atoms with Crippen LogP contribution in [0.15, 0.2) is 24.3 Å². The highest BCUT2D eigenvalue weighted by Gasteiger charge is 2.30. The van der Waals surface area contributed by atoms with Crippen molar-refractivity contribution in [3.63, 3.8) is 0 Å². The molecule has 1 aliphatic rings. The summed E-state index contributed by atoms with van der Waals surface area (Å²) in [6.07, 6.45) is 1.63. The van der Waals surface area contributed by atoms with Crippen molar-refractivity contribution < 1.29 is 8.42 Å². The molecular formula is C12H16INO2S. The minimum Gasteiger partial charge on any atom is -0.311 e. The normalized spacial score (nSPS) is 22.8. The molecule has 0 aliphatic carbocycles. The molecule has 0 radical (unpaired) electrons. The lowest BCUT2D eigenvalue weighted by atomic mass is 10.2. The third-order valence-electron chi connectivity index (χ3n) is 3.08. The van der Waals surface area contributed by atoms with Crippen LogP contribution in [-0.2, 0) is 16.4 Å². The highest BCUT2D eigenvalue weighted by molar-refractivity contribution is 14.1. The summed E-state index contributed by atoms with van der Waals surface area (Å²) in [5.41, 5.74) is 1.20. The highest BCUT2D eigenvalue weighted by atomic mass is 127. The third kappa shape index (κ3) is 3.66. The van der Waals surface area contributed by atoms with E-state index in [9.17, 15) is 8.42 Å². The molecule has 0 amide bonds. The summed E-state index contributed by atoms with van der Waals surface area (Å²) in [7, 11) is -2.81. The first kappa shape index (κ1) is 13.3. The second kappa shape index (κ2) is 5.67. The van der Waals surface area contributed by atoms with E-state index in [1.54, 1.807) is 0 Å². The molecule has 1 saturated heterocycles. The van der Waals surface area contributed by atoms with E-state index in [2.05, 4.69) is 52.2 Å². The maximum atomic E-state index is 11.6.